The number of rotatable bonds is 6. The van der Waals surface area contributed by atoms with Crippen LogP contribution in [0.3, 0.4) is 0 Å². The van der Waals surface area contributed by atoms with Gasteiger partial charge in [0.05, 0.1) is 19.2 Å². The molecule has 0 spiro atoms. The monoisotopic (exact) mass is 442 g/mol. The summed E-state index contributed by atoms with van der Waals surface area (Å²) >= 11 is 3.33. The molecule has 0 N–H and O–H groups in total. The van der Waals surface area contributed by atoms with E-state index in [2.05, 4.69) is 22.5 Å². The molecule has 2 aromatic carbocycles. The summed E-state index contributed by atoms with van der Waals surface area (Å²) < 4.78 is 6.01. The van der Waals surface area contributed by atoms with Crippen LogP contribution in [0.25, 0.3) is 0 Å². The summed E-state index contributed by atoms with van der Waals surface area (Å²) in [5.41, 5.74) is 0.858. The smallest absolute Gasteiger partial charge is 0.257 e. The number of methoxy groups -OCH3 is 1. The van der Waals surface area contributed by atoms with Crippen molar-refractivity contribution in [3.05, 3.63) is 71.2 Å². The number of benzene rings is 2. The van der Waals surface area contributed by atoms with Gasteiger partial charge in [-0.3, -0.25) is 14.4 Å². The molecule has 1 fully saturated rings. The molecular weight excluding hydrogens is 424 g/mol. The van der Waals surface area contributed by atoms with Gasteiger partial charge in [0.25, 0.3) is 11.8 Å². The Labute approximate surface area is 171 Å². The van der Waals surface area contributed by atoms with Crippen LogP contribution in [0.1, 0.15) is 16.8 Å². The van der Waals surface area contributed by atoms with Crippen molar-refractivity contribution in [1.82, 2.24) is 4.90 Å². The molecule has 28 heavy (non-hydrogen) atoms. The van der Waals surface area contributed by atoms with E-state index < -0.39 is 11.9 Å². The minimum atomic E-state index is -0.882. The fourth-order valence-electron chi connectivity index (χ4n) is 3.13. The largest absolute Gasteiger partial charge is 0.497 e. The summed E-state index contributed by atoms with van der Waals surface area (Å²) in [7, 11) is 1.51. The molecule has 144 valence electrons. The van der Waals surface area contributed by atoms with Gasteiger partial charge in [0.2, 0.25) is 5.91 Å². The summed E-state index contributed by atoms with van der Waals surface area (Å²) in [4.78, 5) is 41.1. The Morgan fingerprint density at radius 3 is 2.64 bits per heavy atom. The lowest BCUT2D eigenvalue weighted by Gasteiger charge is -2.26. The second kappa shape index (κ2) is 8.39. The van der Waals surface area contributed by atoms with Crippen molar-refractivity contribution < 1.29 is 19.1 Å². The SMILES string of the molecule is C=CCN(C(=O)c1cccc(OC)c1)C1CC(=O)N(c2ccc(Br)cc2)C1=O. The third-order valence-corrected chi connectivity index (χ3v) is 5.02. The number of carbonyl (C=O) groups excluding carboxylic acids is 3. The molecule has 2 aromatic rings. The third kappa shape index (κ3) is 3.84. The first-order valence-electron chi connectivity index (χ1n) is 8.64. The predicted octanol–water partition coefficient (Wildman–Crippen LogP) is 3.42. The van der Waals surface area contributed by atoms with Gasteiger partial charge in [-0.25, -0.2) is 4.90 Å². The lowest BCUT2D eigenvalue weighted by molar-refractivity contribution is -0.122. The lowest BCUT2D eigenvalue weighted by atomic mass is 10.1. The van der Waals surface area contributed by atoms with E-state index in [4.69, 9.17) is 4.74 Å². The van der Waals surface area contributed by atoms with Crippen LogP contribution < -0.4 is 9.64 Å². The third-order valence-electron chi connectivity index (χ3n) is 4.49. The molecule has 1 unspecified atom stereocenters. The number of amides is 3. The summed E-state index contributed by atoms with van der Waals surface area (Å²) in [6.45, 7) is 3.83. The second-order valence-corrected chi connectivity index (χ2v) is 7.16. The van der Waals surface area contributed by atoms with Crippen LogP contribution in [-0.2, 0) is 9.59 Å². The molecule has 1 saturated heterocycles. The molecule has 0 radical (unpaired) electrons. The number of hydrogen-bond donors (Lipinski definition) is 0. The number of carbonyl (C=O) groups is 3. The van der Waals surface area contributed by atoms with Crippen molar-refractivity contribution in [2.45, 2.75) is 12.5 Å². The molecule has 3 rings (SSSR count). The van der Waals surface area contributed by atoms with Crippen LogP contribution in [0.15, 0.2) is 65.7 Å². The van der Waals surface area contributed by atoms with E-state index in [0.29, 0.717) is 17.0 Å². The molecule has 1 heterocycles. The van der Waals surface area contributed by atoms with Crippen molar-refractivity contribution in [3.63, 3.8) is 0 Å². The molecule has 3 amide bonds. The second-order valence-electron chi connectivity index (χ2n) is 6.24. The van der Waals surface area contributed by atoms with Gasteiger partial charge in [-0.15, -0.1) is 6.58 Å². The molecule has 6 nitrogen and oxygen atoms in total. The fraction of sp³-hybridized carbons (Fsp3) is 0.190. The zero-order chi connectivity index (χ0) is 20.3. The zero-order valence-electron chi connectivity index (χ0n) is 15.3. The molecule has 1 atom stereocenters. The van der Waals surface area contributed by atoms with E-state index in [9.17, 15) is 14.4 Å². The Bertz CT molecular complexity index is 926. The number of halogens is 1. The van der Waals surface area contributed by atoms with Gasteiger partial charge >= 0.3 is 0 Å². The van der Waals surface area contributed by atoms with Crippen LogP contribution in [0.5, 0.6) is 5.75 Å². The van der Waals surface area contributed by atoms with Gasteiger partial charge < -0.3 is 9.64 Å². The topological polar surface area (TPSA) is 66.9 Å². The van der Waals surface area contributed by atoms with Gasteiger partial charge in [-0.2, -0.15) is 0 Å². The molecule has 0 aromatic heterocycles. The first-order chi connectivity index (χ1) is 13.5. The van der Waals surface area contributed by atoms with Crippen LogP contribution in [0.2, 0.25) is 0 Å². The van der Waals surface area contributed by atoms with E-state index >= 15 is 0 Å². The van der Waals surface area contributed by atoms with E-state index in [1.807, 2.05) is 0 Å². The lowest BCUT2D eigenvalue weighted by Crippen LogP contribution is -2.45. The number of imide groups is 1. The Morgan fingerprint density at radius 2 is 2.00 bits per heavy atom. The van der Waals surface area contributed by atoms with Gasteiger partial charge in [0, 0.05) is 16.6 Å². The van der Waals surface area contributed by atoms with Crippen LogP contribution in [0.4, 0.5) is 5.69 Å². The van der Waals surface area contributed by atoms with Gasteiger partial charge in [0.1, 0.15) is 11.8 Å². The summed E-state index contributed by atoms with van der Waals surface area (Å²) in [5, 5.41) is 0. The average Bonchev–Trinajstić information content (AvgIpc) is 3.00. The summed E-state index contributed by atoms with van der Waals surface area (Å²) in [6.07, 6.45) is 1.47. The molecule has 1 aliphatic rings. The number of hydrogen-bond acceptors (Lipinski definition) is 4. The minimum absolute atomic E-state index is 0.0710. The molecule has 0 bridgehead atoms. The molecule has 7 heteroatoms. The first-order valence-corrected chi connectivity index (χ1v) is 9.44. The van der Waals surface area contributed by atoms with E-state index in [-0.39, 0.29) is 24.8 Å². The average molecular weight is 443 g/mol. The van der Waals surface area contributed by atoms with Crippen LogP contribution >= 0.6 is 15.9 Å². The predicted molar refractivity (Wildman–Crippen MR) is 109 cm³/mol. The highest BCUT2D eigenvalue weighted by Gasteiger charge is 2.44. The summed E-state index contributed by atoms with van der Waals surface area (Å²) in [5.74, 6) is -0.590. The Balaban J connectivity index is 1.90. The first kappa shape index (κ1) is 19.8. The fourth-order valence-corrected chi connectivity index (χ4v) is 3.40. The van der Waals surface area contributed by atoms with Crippen molar-refractivity contribution in [2.24, 2.45) is 0 Å². The van der Waals surface area contributed by atoms with E-state index in [1.165, 1.54) is 18.1 Å². The normalized spacial score (nSPS) is 16.2. The van der Waals surface area contributed by atoms with Gasteiger partial charge in [0.15, 0.2) is 0 Å². The highest BCUT2D eigenvalue weighted by molar-refractivity contribution is 9.10. The van der Waals surface area contributed by atoms with E-state index in [1.54, 1.807) is 48.5 Å². The maximum Gasteiger partial charge on any atom is 0.257 e. The van der Waals surface area contributed by atoms with Gasteiger partial charge in [-0.1, -0.05) is 28.1 Å². The number of ether oxygens (including phenoxy) is 1. The highest BCUT2D eigenvalue weighted by atomic mass is 79.9. The number of anilines is 1. The Hall–Kier alpha value is -2.93. The van der Waals surface area contributed by atoms with Gasteiger partial charge in [-0.05, 0) is 42.5 Å². The van der Waals surface area contributed by atoms with Crippen LogP contribution in [0, 0.1) is 0 Å². The van der Waals surface area contributed by atoms with Crippen molar-refractivity contribution in [1.29, 1.82) is 0 Å². The van der Waals surface area contributed by atoms with E-state index in [0.717, 1.165) is 9.37 Å². The highest BCUT2D eigenvalue weighted by Crippen LogP contribution is 2.28. The Kier molecular flexibility index (Phi) is 5.94. The zero-order valence-corrected chi connectivity index (χ0v) is 16.9. The summed E-state index contributed by atoms with van der Waals surface area (Å²) in [6, 6.07) is 12.7. The standard InChI is InChI=1S/C21H19BrN2O4/c1-3-11-23(20(26)14-5-4-6-17(12-14)28-2)18-13-19(25)24(21(18)27)16-9-7-15(22)8-10-16/h3-10,12,18H,1,11,13H2,2H3. The molecular formula is C21H19BrN2O4. The number of nitrogens with zero attached hydrogens (tertiary/aromatic N) is 2. The van der Waals surface area contributed by atoms with Crippen molar-refractivity contribution in [2.75, 3.05) is 18.6 Å². The molecule has 0 saturated carbocycles. The molecule has 0 aliphatic carbocycles. The van der Waals surface area contributed by atoms with Crippen molar-refractivity contribution in [3.8, 4) is 5.75 Å². The minimum Gasteiger partial charge on any atom is -0.497 e. The van der Waals surface area contributed by atoms with Crippen LogP contribution in [-0.4, -0.2) is 42.3 Å². The van der Waals surface area contributed by atoms with Crippen molar-refractivity contribution >= 4 is 39.3 Å². The maximum atomic E-state index is 13.1. The Morgan fingerprint density at radius 1 is 1.29 bits per heavy atom. The maximum absolute atomic E-state index is 13.1. The quantitative estimate of drug-likeness (QED) is 0.507. The molecule has 1 aliphatic heterocycles.